The first-order valence-corrected chi connectivity index (χ1v) is 9.25. The minimum Gasteiger partial charge on any atom is -0.443 e. The van der Waals surface area contributed by atoms with E-state index in [2.05, 4.69) is 59.7 Å². The van der Waals surface area contributed by atoms with E-state index >= 15 is 0 Å². The lowest BCUT2D eigenvalue weighted by atomic mass is 9.78. The van der Waals surface area contributed by atoms with Gasteiger partial charge < -0.3 is 9.42 Å². The Kier molecular flexibility index (Phi) is 3.82. The fraction of sp³-hybridized carbons (Fsp3) is 0.400. The molecule has 0 saturated heterocycles. The summed E-state index contributed by atoms with van der Waals surface area (Å²) in [5.41, 5.74) is 4.67. The van der Waals surface area contributed by atoms with E-state index < -0.39 is 8.38 Å². The highest BCUT2D eigenvalue weighted by Gasteiger charge is 2.32. The molecule has 3 rings (SSSR count). The minimum absolute atomic E-state index is 0.0478. The van der Waals surface area contributed by atoms with E-state index in [4.69, 9.17) is 4.52 Å². The third-order valence-corrected chi connectivity index (χ3v) is 5.50. The van der Waals surface area contributed by atoms with Gasteiger partial charge in [0.1, 0.15) is 5.75 Å². The van der Waals surface area contributed by atoms with Crippen molar-refractivity contribution >= 4 is 13.7 Å². The number of rotatable bonds is 0. The van der Waals surface area contributed by atoms with E-state index in [1.165, 1.54) is 5.56 Å². The second-order valence-electron chi connectivity index (χ2n) is 8.28. The highest BCUT2D eigenvalue weighted by molar-refractivity contribution is 7.56. The largest absolute Gasteiger partial charge is 0.443 e. The van der Waals surface area contributed by atoms with Crippen molar-refractivity contribution in [1.29, 1.82) is 0 Å². The van der Waals surface area contributed by atoms with Crippen LogP contribution in [0.2, 0.25) is 0 Å². The van der Waals surface area contributed by atoms with E-state index in [0.29, 0.717) is 0 Å². The molecule has 0 aromatic heterocycles. The summed E-state index contributed by atoms with van der Waals surface area (Å²) < 4.78 is 6.00. The van der Waals surface area contributed by atoms with Gasteiger partial charge in [0.2, 0.25) is 0 Å². The Morgan fingerprint density at radius 1 is 0.870 bits per heavy atom. The van der Waals surface area contributed by atoms with Gasteiger partial charge in [0.05, 0.1) is 5.30 Å². The third kappa shape index (κ3) is 2.91. The summed E-state index contributed by atoms with van der Waals surface area (Å²) in [6, 6.07) is 12.5. The second-order valence-corrected chi connectivity index (χ2v) is 9.49. The van der Waals surface area contributed by atoms with Crippen molar-refractivity contribution in [3.63, 3.8) is 0 Å². The Bertz CT molecular complexity index is 751. The van der Waals surface area contributed by atoms with Crippen LogP contribution in [0, 0.1) is 0 Å². The van der Waals surface area contributed by atoms with Gasteiger partial charge in [-0.05, 0) is 34.1 Å². The molecule has 0 radical (unpaired) electrons. The van der Waals surface area contributed by atoms with Crippen LogP contribution in [0.4, 0.5) is 0 Å². The summed E-state index contributed by atoms with van der Waals surface area (Å²) in [4.78, 5) is 10.5. The number of fused-ring (bicyclic) bond motifs is 3. The van der Waals surface area contributed by atoms with E-state index in [1.54, 1.807) is 0 Å². The Morgan fingerprint density at radius 2 is 1.52 bits per heavy atom. The summed E-state index contributed by atoms with van der Waals surface area (Å²) in [6.07, 6.45) is 0. The predicted molar refractivity (Wildman–Crippen MR) is 98.7 cm³/mol. The van der Waals surface area contributed by atoms with Gasteiger partial charge in [-0.1, -0.05) is 65.8 Å². The zero-order chi connectivity index (χ0) is 17.0. The smallest absolute Gasteiger partial charge is 0.262 e. The van der Waals surface area contributed by atoms with Crippen molar-refractivity contribution < 1.29 is 9.42 Å². The normalized spacial score (nSPS) is 17.3. The Hall–Kier alpha value is -1.37. The van der Waals surface area contributed by atoms with E-state index in [1.807, 2.05) is 18.2 Å². The zero-order valence-electron chi connectivity index (χ0n) is 14.8. The van der Waals surface area contributed by atoms with Crippen molar-refractivity contribution in [2.24, 2.45) is 0 Å². The quantitative estimate of drug-likeness (QED) is 0.668. The van der Waals surface area contributed by atoms with Crippen molar-refractivity contribution in [1.82, 2.24) is 0 Å². The second kappa shape index (κ2) is 5.33. The van der Waals surface area contributed by atoms with E-state index in [9.17, 15) is 4.89 Å². The molecule has 0 spiro atoms. The molecule has 1 aliphatic heterocycles. The van der Waals surface area contributed by atoms with Crippen molar-refractivity contribution in [2.75, 3.05) is 0 Å². The molecular formula is C20H25O2P. The third-order valence-electron chi connectivity index (χ3n) is 4.34. The fourth-order valence-corrected chi connectivity index (χ4v) is 4.00. The van der Waals surface area contributed by atoms with Gasteiger partial charge in [0.15, 0.2) is 0 Å². The summed E-state index contributed by atoms with van der Waals surface area (Å²) >= 11 is 0. The molecule has 2 aromatic carbocycles. The van der Waals surface area contributed by atoms with Gasteiger partial charge >= 0.3 is 0 Å². The van der Waals surface area contributed by atoms with E-state index in [-0.39, 0.29) is 10.8 Å². The highest BCUT2D eigenvalue weighted by atomic mass is 31.2. The van der Waals surface area contributed by atoms with Gasteiger partial charge in [0, 0.05) is 11.1 Å². The molecule has 0 bridgehead atoms. The lowest BCUT2D eigenvalue weighted by Crippen LogP contribution is -2.21. The number of benzene rings is 2. The molecule has 0 aliphatic carbocycles. The van der Waals surface area contributed by atoms with Crippen molar-refractivity contribution in [3.8, 4) is 16.9 Å². The van der Waals surface area contributed by atoms with Gasteiger partial charge in [-0.2, -0.15) is 0 Å². The molecule has 23 heavy (non-hydrogen) atoms. The topological polar surface area (TPSA) is 29.5 Å². The molecule has 1 N–H and O–H groups in total. The van der Waals surface area contributed by atoms with Crippen LogP contribution in [-0.4, -0.2) is 4.89 Å². The monoisotopic (exact) mass is 328 g/mol. The zero-order valence-corrected chi connectivity index (χ0v) is 15.7. The van der Waals surface area contributed by atoms with Gasteiger partial charge in [-0.3, -0.25) is 0 Å². The molecule has 0 saturated carbocycles. The Balaban J connectivity index is 2.36. The van der Waals surface area contributed by atoms with E-state index in [0.717, 1.165) is 27.7 Å². The van der Waals surface area contributed by atoms with Crippen LogP contribution in [0.1, 0.15) is 52.7 Å². The van der Waals surface area contributed by atoms with Crippen LogP contribution in [0.3, 0.4) is 0 Å². The molecule has 1 aliphatic rings. The molecule has 2 aromatic rings. The maximum atomic E-state index is 10.5. The van der Waals surface area contributed by atoms with Crippen LogP contribution >= 0.6 is 8.38 Å². The summed E-state index contributed by atoms with van der Waals surface area (Å²) in [6.45, 7) is 13.3. The number of hydrogen-bond acceptors (Lipinski definition) is 2. The molecule has 1 atom stereocenters. The Labute approximate surface area is 140 Å². The average Bonchev–Trinajstić information content (AvgIpc) is 2.44. The lowest BCUT2D eigenvalue weighted by Gasteiger charge is -2.33. The van der Waals surface area contributed by atoms with Crippen LogP contribution in [-0.2, 0) is 10.8 Å². The molecule has 3 heteroatoms. The molecule has 122 valence electrons. The molecule has 2 nitrogen and oxygen atoms in total. The first-order chi connectivity index (χ1) is 10.6. The molecular weight excluding hydrogens is 303 g/mol. The Morgan fingerprint density at radius 3 is 2.13 bits per heavy atom. The standard InChI is InChI=1S/C20H25O2P/c1-19(2,3)13-11-15-14-9-7-8-10-17(14)23(21)22-18(15)16(12-13)20(4,5)6/h7-12,21H,1-6H3. The van der Waals surface area contributed by atoms with Gasteiger partial charge in [-0.15, -0.1) is 0 Å². The van der Waals surface area contributed by atoms with Crippen LogP contribution in [0.15, 0.2) is 36.4 Å². The van der Waals surface area contributed by atoms with Gasteiger partial charge in [-0.25, -0.2) is 0 Å². The summed E-state index contributed by atoms with van der Waals surface area (Å²) in [7, 11) is -1.60. The van der Waals surface area contributed by atoms with Gasteiger partial charge in [0.25, 0.3) is 8.38 Å². The number of hydrogen-bond donors (Lipinski definition) is 1. The molecule has 0 fully saturated rings. The van der Waals surface area contributed by atoms with Crippen LogP contribution in [0.25, 0.3) is 11.1 Å². The van der Waals surface area contributed by atoms with Crippen LogP contribution < -0.4 is 9.83 Å². The molecule has 1 unspecified atom stereocenters. The summed E-state index contributed by atoms with van der Waals surface area (Å²) in [5, 5.41) is 0.904. The fourth-order valence-electron chi connectivity index (χ4n) is 2.92. The SMILES string of the molecule is CC(C)(C)c1cc2c(c(C(C)(C)C)c1)OP(O)c1ccccc1-2. The van der Waals surface area contributed by atoms with Crippen LogP contribution in [0.5, 0.6) is 5.75 Å². The minimum atomic E-state index is -1.60. The van der Waals surface area contributed by atoms with Crippen molar-refractivity contribution in [3.05, 3.63) is 47.5 Å². The first kappa shape index (κ1) is 16.5. The predicted octanol–water partition coefficient (Wildman–Crippen LogP) is 5.27. The average molecular weight is 328 g/mol. The first-order valence-electron chi connectivity index (χ1n) is 8.04. The molecule has 0 amide bonds. The maximum absolute atomic E-state index is 10.5. The molecule has 1 heterocycles. The highest BCUT2D eigenvalue weighted by Crippen LogP contribution is 2.51. The lowest BCUT2D eigenvalue weighted by molar-refractivity contribution is 0.476. The van der Waals surface area contributed by atoms with Crippen molar-refractivity contribution in [2.45, 2.75) is 52.4 Å². The maximum Gasteiger partial charge on any atom is 0.262 e. The summed E-state index contributed by atoms with van der Waals surface area (Å²) in [5.74, 6) is 0.845.